The summed E-state index contributed by atoms with van der Waals surface area (Å²) in [5, 5.41) is 5.10. The fourth-order valence-corrected chi connectivity index (χ4v) is 4.45. The van der Waals surface area contributed by atoms with E-state index in [-0.39, 0.29) is 10.8 Å². The first kappa shape index (κ1) is 20.1. The molecule has 30 heavy (non-hydrogen) atoms. The molecule has 0 fully saturated rings. The molecule has 1 aromatic heterocycles. The van der Waals surface area contributed by atoms with E-state index in [9.17, 15) is 13.2 Å². The van der Waals surface area contributed by atoms with E-state index in [1.165, 1.54) is 19.2 Å². The van der Waals surface area contributed by atoms with Crippen LogP contribution >= 0.6 is 0 Å². The molecule has 0 unspecified atom stereocenters. The number of carbonyl (C=O) groups excluding carboxylic acids is 1. The highest BCUT2D eigenvalue weighted by molar-refractivity contribution is 7.89. The Labute approximate surface area is 175 Å². The van der Waals surface area contributed by atoms with Crippen molar-refractivity contribution < 1.29 is 13.2 Å². The number of aryl methyl sites for hydroxylation is 1. The SMILES string of the molecule is CCn1c2ccccc2c2cc(C(=O)NCc3ccc(S(=O)(=O)NC)cc3)ccc21. The minimum atomic E-state index is -3.47. The Balaban J connectivity index is 1.56. The number of nitrogens with one attached hydrogen (secondary N) is 2. The third-order valence-electron chi connectivity index (χ3n) is 5.31. The second-order valence-electron chi connectivity index (χ2n) is 7.03. The van der Waals surface area contributed by atoms with Crippen molar-refractivity contribution >= 4 is 37.7 Å². The maximum Gasteiger partial charge on any atom is 0.251 e. The number of rotatable bonds is 6. The second-order valence-corrected chi connectivity index (χ2v) is 8.91. The molecule has 0 aliphatic carbocycles. The second kappa shape index (κ2) is 7.93. The van der Waals surface area contributed by atoms with Gasteiger partial charge in [0.2, 0.25) is 10.0 Å². The molecule has 0 radical (unpaired) electrons. The topological polar surface area (TPSA) is 80.2 Å². The zero-order valence-electron chi connectivity index (χ0n) is 16.8. The highest BCUT2D eigenvalue weighted by Gasteiger charge is 2.13. The van der Waals surface area contributed by atoms with E-state index in [0.29, 0.717) is 12.1 Å². The summed E-state index contributed by atoms with van der Waals surface area (Å²) in [5.74, 6) is -0.169. The number of nitrogens with zero attached hydrogens (tertiary/aromatic N) is 1. The lowest BCUT2D eigenvalue weighted by molar-refractivity contribution is 0.0951. The van der Waals surface area contributed by atoms with Crippen LogP contribution in [0.4, 0.5) is 0 Å². The molecule has 1 amide bonds. The summed E-state index contributed by atoms with van der Waals surface area (Å²) in [7, 11) is -2.09. The van der Waals surface area contributed by atoms with Crippen molar-refractivity contribution in [3.63, 3.8) is 0 Å². The standard InChI is InChI=1S/C23H23N3O3S/c1-3-26-21-7-5-4-6-19(21)20-14-17(10-13-22(20)26)23(27)25-15-16-8-11-18(12-9-16)30(28,29)24-2/h4-14,24H,3,15H2,1-2H3,(H,25,27). The Morgan fingerprint density at radius 3 is 2.33 bits per heavy atom. The lowest BCUT2D eigenvalue weighted by Crippen LogP contribution is -2.23. The number of para-hydroxylation sites is 1. The molecule has 6 nitrogen and oxygen atoms in total. The molecule has 3 aromatic carbocycles. The van der Waals surface area contributed by atoms with Crippen LogP contribution in [0.1, 0.15) is 22.8 Å². The summed E-state index contributed by atoms with van der Waals surface area (Å²) >= 11 is 0. The molecule has 2 N–H and O–H groups in total. The number of sulfonamides is 1. The molecule has 0 atom stereocenters. The number of hydrogen-bond donors (Lipinski definition) is 2. The van der Waals surface area contributed by atoms with Gasteiger partial charge in [0.15, 0.2) is 0 Å². The molecule has 0 aliphatic rings. The van der Waals surface area contributed by atoms with Gasteiger partial charge >= 0.3 is 0 Å². The van der Waals surface area contributed by atoms with Gasteiger partial charge in [0.25, 0.3) is 5.91 Å². The minimum Gasteiger partial charge on any atom is -0.348 e. The number of carbonyl (C=O) groups is 1. The molecule has 154 valence electrons. The zero-order chi connectivity index (χ0) is 21.3. The quantitative estimate of drug-likeness (QED) is 0.499. The molecule has 4 aromatic rings. The van der Waals surface area contributed by atoms with Crippen molar-refractivity contribution in [1.82, 2.24) is 14.6 Å². The molecule has 0 saturated carbocycles. The van der Waals surface area contributed by atoms with E-state index in [4.69, 9.17) is 0 Å². The average Bonchev–Trinajstić information content (AvgIpc) is 3.10. The van der Waals surface area contributed by atoms with Gasteiger partial charge in [-0.2, -0.15) is 0 Å². The van der Waals surface area contributed by atoms with E-state index in [2.05, 4.69) is 33.7 Å². The highest BCUT2D eigenvalue weighted by atomic mass is 32.2. The molecule has 4 rings (SSSR count). The van der Waals surface area contributed by atoms with Crippen LogP contribution in [0.5, 0.6) is 0 Å². The van der Waals surface area contributed by atoms with Crippen LogP contribution in [0.2, 0.25) is 0 Å². The summed E-state index contributed by atoms with van der Waals surface area (Å²) in [4.78, 5) is 12.9. The van der Waals surface area contributed by atoms with Crippen LogP contribution in [-0.4, -0.2) is 25.9 Å². The Hall–Kier alpha value is -3.16. The van der Waals surface area contributed by atoms with Gasteiger partial charge in [-0.15, -0.1) is 0 Å². The van der Waals surface area contributed by atoms with Gasteiger partial charge in [-0.3, -0.25) is 4.79 Å². The van der Waals surface area contributed by atoms with E-state index in [0.717, 1.165) is 33.9 Å². The summed E-state index contributed by atoms with van der Waals surface area (Å²) in [6, 6.07) is 20.4. The molecule has 7 heteroatoms. The van der Waals surface area contributed by atoms with Crippen LogP contribution < -0.4 is 10.0 Å². The first-order valence-corrected chi connectivity index (χ1v) is 11.2. The van der Waals surface area contributed by atoms with Crippen LogP contribution in [0.25, 0.3) is 21.8 Å². The van der Waals surface area contributed by atoms with E-state index in [1.807, 2.05) is 30.3 Å². The van der Waals surface area contributed by atoms with Crippen LogP contribution in [-0.2, 0) is 23.1 Å². The van der Waals surface area contributed by atoms with Crippen molar-refractivity contribution in [2.75, 3.05) is 7.05 Å². The molecule has 0 bridgehead atoms. The maximum atomic E-state index is 12.7. The largest absolute Gasteiger partial charge is 0.348 e. The predicted octanol–water partition coefficient (Wildman–Crippen LogP) is 3.65. The van der Waals surface area contributed by atoms with Gasteiger partial charge < -0.3 is 9.88 Å². The number of benzene rings is 3. The predicted molar refractivity (Wildman–Crippen MR) is 119 cm³/mol. The number of amides is 1. The molecular weight excluding hydrogens is 398 g/mol. The fraction of sp³-hybridized carbons (Fsp3) is 0.174. The van der Waals surface area contributed by atoms with Crippen molar-refractivity contribution in [3.8, 4) is 0 Å². The minimum absolute atomic E-state index is 0.169. The first-order valence-electron chi connectivity index (χ1n) is 9.76. The lowest BCUT2D eigenvalue weighted by Gasteiger charge is -2.08. The van der Waals surface area contributed by atoms with Crippen molar-refractivity contribution in [2.24, 2.45) is 0 Å². The average molecular weight is 422 g/mol. The zero-order valence-corrected chi connectivity index (χ0v) is 17.7. The molecule has 0 saturated heterocycles. The highest BCUT2D eigenvalue weighted by Crippen LogP contribution is 2.29. The van der Waals surface area contributed by atoms with Gasteiger partial charge in [-0.05, 0) is 55.9 Å². The molecule has 0 spiro atoms. The lowest BCUT2D eigenvalue weighted by atomic mass is 10.1. The van der Waals surface area contributed by atoms with Crippen molar-refractivity contribution in [1.29, 1.82) is 0 Å². The molecule has 1 heterocycles. The number of aromatic nitrogens is 1. The van der Waals surface area contributed by atoms with E-state index >= 15 is 0 Å². The molecular formula is C23H23N3O3S. The summed E-state index contributed by atoms with van der Waals surface area (Å²) in [6.45, 7) is 3.28. The first-order chi connectivity index (χ1) is 14.4. The van der Waals surface area contributed by atoms with Gasteiger partial charge in [0, 0.05) is 40.5 Å². The Morgan fingerprint density at radius 1 is 0.933 bits per heavy atom. The van der Waals surface area contributed by atoms with E-state index in [1.54, 1.807) is 12.1 Å². The Kier molecular flexibility index (Phi) is 5.32. The van der Waals surface area contributed by atoms with Crippen LogP contribution in [0.15, 0.2) is 71.6 Å². The van der Waals surface area contributed by atoms with Gasteiger partial charge in [-0.1, -0.05) is 30.3 Å². The van der Waals surface area contributed by atoms with Crippen molar-refractivity contribution in [2.45, 2.75) is 24.9 Å². The normalized spacial score (nSPS) is 11.8. The third kappa shape index (κ3) is 3.58. The monoisotopic (exact) mass is 421 g/mol. The van der Waals surface area contributed by atoms with Gasteiger partial charge in [0.1, 0.15) is 0 Å². The van der Waals surface area contributed by atoms with Crippen LogP contribution in [0.3, 0.4) is 0 Å². The van der Waals surface area contributed by atoms with Gasteiger partial charge in [-0.25, -0.2) is 13.1 Å². The van der Waals surface area contributed by atoms with E-state index < -0.39 is 10.0 Å². The smallest absolute Gasteiger partial charge is 0.251 e. The van der Waals surface area contributed by atoms with Gasteiger partial charge in [0.05, 0.1) is 4.90 Å². The van der Waals surface area contributed by atoms with Crippen LogP contribution in [0, 0.1) is 0 Å². The molecule has 0 aliphatic heterocycles. The maximum absolute atomic E-state index is 12.7. The summed E-state index contributed by atoms with van der Waals surface area (Å²) < 4.78 is 28.1. The summed E-state index contributed by atoms with van der Waals surface area (Å²) in [6.07, 6.45) is 0. The van der Waals surface area contributed by atoms with Crippen molar-refractivity contribution in [3.05, 3.63) is 77.9 Å². The Morgan fingerprint density at radius 2 is 1.63 bits per heavy atom. The number of fused-ring (bicyclic) bond motifs is 3. The summed E-state index contributed by atoms with van der Waals surface area (Å²) in [5.41, 5.74) is 3.68. The third-order valence-corrected chi connectivity index (χ3v) is 6.74. The fourth-order valence-electron chi connectivity index (χ4n) is 3.72. The Bertz CT molecular complexity index is 1340. The number of hydrogen-bond acceptors (Lipinski definition) is 3.